The molecule has 3 rings (SSSR count). The molecule has 2 aromatic rings. The lowest BCUT2D eigenvalue weighted by molar-refractivity contribution is 0.284. The Bertz CT molecular complexity index is 639. The predicted molar refractivity (Wildman–Crippen MR) is 93.7 cm³/mol. The van der Waals surface area contributed by atoms with Crippen molar-refractivity contribution in [3.05, 3.63) is 71.8 Å². The molecule has 0 saturated carbocycles. The Morgan fingerprint density at radius 3 is 2.17 bits per heavy atom. The van der Waals surface area contributed by atoms with E-state index >= 15 is 0 Å². The van der Waals surface area contributed by atoms with Crippen LogP contribution < -0.4 is 5.32 Å². The maximum atomic E-state index is 9.58. The summed E-state index contributed by atoms with van der Waals surface area (Å²) >= 11 is 0. The number of hydrogen-bond acceptors (Lipinski definition) is 3. The van der Waals surface area contributed by atoms with Crippen LogP contribution in [0.2, 0.25) is 0 Å². The zero-order chi connectivity index (χ0) is 16.1. The van der Waals surface area contributed by atoms with E-state index in [2.05, 4.69) is 65.9 Å². The smallest absolute Gasteiger partial charge is 0.0639 e. The Kier molecular flexibility index (Phi) is 5.09. The highest BCUT2D eigenvalue weighted by atomic mass is 16.4. The van der Waals surface area contributed by atoms with Crippen molar-refractivity contribution in [2.45, 2.75) is 38.3 Å². The lowest BCUT2D eigenvalue weighted by Gasteiger charge is -2.38. The Balaban J connectivity index is 1.95. The third-order valence-corrected chi connectivity index (χ3v) is 4.71. The van der Waals surface area contributed by atoms with E-state index in [1.807, 2.05) is 12.1 Å². The van der Waals surface area contributed by atoms with Crippen LogP contribution >= 0.6 is 0 Å². The molecule has 2 N–H and O–H groups in total. The minimum atomic E-state index is 0.181. The lowest BCUT2D eigenvalue weighted by atomic mass is 9.78. The van der Waals surface area contributed by atoms with Crippen molar-refractivity contribution in [1.29, 1.82) is 0 Å². The van der Waals surface area contributed by atoms with Gasteiger partial charge in [-0.15, -0.1) is 0 Å². The van der Waals surface area contributed by atoms with E-state index in [9.17, 15) is 5.21 Å². The first-order valence-electron chi connectivity index (χ1n) is 8.40. The molecule has 0 radical (unpaired) electrons. The van der Waals surface area contributed by atoms with Crippen molar-refractivity contribution in [3.8, 4) is 0 Å². The van der Waals surface area contributed by atoms with E-state index < -0.39 is 0 Å². The number of rotatable bonds is 4. The minimum absolute atomic E-state index is 0.181. The van der Waals surface area contributed by atoms with E-state index in [1.165, 1.54) is 11.1 Å². The number of nitrogens with zero attached hydrogens (tertiary/aromatic N) is 1. The van der Waals surface area contributed by atoms with E-state index in [-0.39, 0.29) is 18.0 Å². The second kappa shape index (κ2) is 7.42. The standard InChI is InChI=1S/C20H24N2O/c1-2-9-17-19(22-23)14-18(15-10-5-3-6-11-15)21-20(17)16-12-7-4-8-13-16/h3-8,10-13,17-18,20-21,23H,2,9,14H2,1H3/b22-19-/t17-,18-,20+/m1/s1. The molecule has 3 heteroatoms. The number of oxime groups is 1. The molecule has 1 heterocycles. The summed E-state index contributed by atoms with van der Waals surface area (Å²) in [6, 6.07) is 21.3. The van der Waals surface area contributed by atoms with Gasteiger partial charge in [0.05, 0.1) is 5.71 Å². The summed E-state index contributed by atoms with van der Waals surface area (Å²) in [6.45, 7) is 2.18. The van der Waals surface area contributed by atoms with Gasteiger partial charge in [0, 0.05) is 24.4 Å². The zero-order valence-corrected chi connectivity index (χ0v) is 13.5. The van der Waals surface area contributed by atoms with Crippen molar-refractivity contribution >= 4 is 5.71 Å². The molecule has 1 aliphatic heterocycles. The zero-order valence-electron chi connectivity index (χ0n) is 13.5. The number of hydrogen-bond donors (Lipinski definition) is 2. The Hall–Kier alpha value is -2.13. The number of benzene rings is 2. The highest BCUT2D eigenvalue weighted by molar-refractivity contribution is 5.88. The van der Waals surface area contributed by atoms with Crippen LogP contribution in [-0.4, -0.2) is 10.9 Å². The summed E-state index contributed by atoms with van der Waals surface area (Å²) in [5, 5.41) is 17.0. The quantitative estimate of drug-likeness (QED) is 0.634. The van der Waals surface area contributed by atoms with Crippen LogP contribution in [0.25, 0.3) is 0 Å². The van der Waals surface area contributed by atoms with Crippen molar-refractivity contribution in [2.75, 3.05) is 0 Å². The first-order valence-corrected chi connectivity index (χ1v) is 8.40. The molecule has 0 aromatic heterocycles. The van der Waals surface area contributed by atoms with E-state index in [0.29, 0.717) is 0 Å². The van der Waals surface area contributed by atoms with E-state index in [1.54, 1.807) is 0 Å². The molecular formula is C20H24N2O. The molecule has 1 aliphatic rings. The molecule has 0 bridgehead atoms. The molecule has 3 nitrogen and oxygen atoms in total. The third-order valence-electron chi connectivity index (χ3n) is 4.71. The Labute approximate surface area is 138 Å². The van der Waals surface area contributed by atoms with Crippen LogP contribution in [0.1, 0.15) is 49.4 Å². The van der Waals surface area contributed by atoms with Crippen LogP contribution in [0.5, 0.6) is 0 Å². The maximum absolute atomic E-state index is 9.58. The maximum Gasteiger partial charge on any atom is 0.0639 e. The van der Waals surface area contributed by atoms with Gasteiger partial charge in [-0.25, -0.2) is 0 Å². The van der Waals surface area contributed by atoms with E-state index in [0.717, 1.165) is 25.0 Å². The summed E-state index contributed by atoms with van der Waals surface area (Å²) in [6.07, 6.45) is 2.85. The first kappa shape index (κ1) is 15.8. The SMILES string of the molecule is CCC[C@@H]1/C(=N\O)C[C@H](c2ccccc2)N[C@H]1c1ccccc1. The molecule has 2 aromatic carbocycles. The summed E-state index contributed by atoms with van der Waals surface area (Å²) < 4.78 is 0. The summed E-state index contributed by atoms with van der Waals surface area (Å²) in [5.74, 6) is 0.243. The van der Waals surface area contributed by atoms with Gasteiger partial charge < -0.3 is 10.5 Å². The topological polar surface area (TPSA) is 44.6 Å². The summed E-state index contributed by atoms with van der Waals surface area (Å²) in [7, 11) is 0. The van der Waals surface area contributed by atoms with Crippen molar-refractivity contribution < 1.29 is 5.21 Å². The van der Waals surface area contributed by atoms with Gasteiger partial charge in [0.25, 0.3) is 0 Å². The van der Waals surface area contributed by atoms with Crippen molar-refractivity contribution in [3.63, 3.8) is 0 Å². The molecular weight excluding hydrogens is 284 g/mol. The van der Waals surface area contributed by atoms with Gasteiger partial charge in [-0.2, -0.15) is 0 Å². The van der Waals surface area contributed by atoms with Gasteiger partial charge >= 0.3 is 0 Å². The largest absolute Gasteiger partial charge is 0.411 e. The Morgan fingerprint density at radius 1 is 1.00 bits per heavy atom. The van der Waals surface area contributed by atoms with Gasteiger partial charge in [0.15, 0.2) is 0 Å². The normalized spacial score (nSPS) is 26.3. The summed E-state index contributed by atoms with van der Waals surface area (Å²) in [5.41, 5.74) is 3.41. The van der Waals surface area contributed by atoms with Gasteiger partial charge in [-0.3, -0.25) is 0 Å². The fraction of sp³-hybridized carbons (Fsp3) is 0.350. The number of nitrogens with one attached hydrogen (secondary N) is 1. The van der Waals surface area contributed by atoms with Gasteiger partial charge in [0.1, 0.15) is 0 Å². The van der Waals surface area contributed by atoms with Crippen molar-refractivity contribution in [1.82, 2.24) is 5.32 Å². The first-order chi connectivity index (χ1) is 11.3. The lowest BCUT2D eigenvalue weighted by Crippen LogP contribution is -2.42. The highest BCUT2D eigenvalue weighted by Crippen LogP contribution is 2.37. The minimum Gasteiger partial charge on any atom is -0.411 e. The van der Waals surface area contributed by atoms with Gasteiger partial charge in [0.2, 0.25) is 0 Å². The summed E-state index contributed by atoms with van der Waals surface area (Å²) in [4.78, 5) is 0. The fourth-order valence-electron chi connectivity index (χ4n) is 3.59. The molecule has 0 unspecified atom stereocenters. The van der Waals surface area contributed by atoms with Gasteiger partial charge in [-0.1, -0.05) is 79.2 Å². The molecule has 0 amide bonds. The van der Waals surface area contributed by atoms with Gasteiger partial charge in [-0.05, 0) is 17.5 Å². The monoisotopic (exact) mass is 308 g/mol. The molecule has 0 spiro atoms. The van der Waals surface area contributed by atoms with Crippen LogP contribution in [-0.2, 0) is 0 Å². The highest BCUT2D eigenvalue weighted by Gasteiger charge is 2.35. The second-order valence-corrected chi connectivity index (χ2v) is 6.21. The van der Waals surface area contributed by atoms with Crippen LogP contribution in [0, 0.1) is 5.92 Å². The molecule has 0 aliphatic carbocycles. The number of piperidine rings is 1. The molecule has 120 valence electrons. The van der Waals surface area contributed by atoms with Crippen LogP contribution in [0.4, 0.5) is 0 Å². The Morgan fingerprint density at radius 2 is 1.61 bits per heavy atom. The third kappa shape index (κ3) is 3.45. The average molecular weight is 308 g/mol. The fourth-order valence-corrected chi connectivity index (χ4v) is 3.59. The molecule has 1 fully saturated rings. The average Bonchev–Trinajstić information content (AvgIpc) is 2.63. The molecule has 1 saturated heterocycles. The van der Waals surface area contributed by atoms with Crippen molar-refractivity contribution in [2.24, 2.45) is 11.1 Å². The van der Waals surface area contributed by atoms with Crippen LogP contribution in [0.3, 0.4) is 0 Å². The molecule has 3 atom stereocenters. The van der Waals surface area contributed by atoms with E-state index in [4.69, 9.17) is 0 Å². The molecule has 23 heavy (non-hydrogen) atoms. The van der Waals surface area contributed by atoms with Crippen LogP contribution in [0.15, 0.2) is 65.8 Å². The second-order valence-electron chi connectivity index (χ2n) is 6.21. The predicted octanol–water partition coefficient (Wildman–Crippen LogP) is 4.71.